The van der Waals surface area contributed by atoms with E-state index in [1.165, 1.54) is 54.6 Å². The van der Waals surface area contributed by atoms with Crippen molar-refractivity contribution in [3.63, 3.8) is 0 Å². The van der Waals surface area contributed by atoms with Crippen molar-refractivity contribution >= 4 is 42.5 Å². The van der Waals surface area contributed by atoms with E-state index in [9.17, 15) is 5.26 Å². The molecule has 3 heterocycles. The highest BCUT2D eigenvalue weighted by Gasteiger charge is 2.52. The number of nitriles is 1. The first-order valence-corrected chi connectivity index (χ1v) is 22.1. The second kappa shape index (κ2) is 13.5. The zero-order chi connectivity index (χ0) is 41.8. The fraction of sp³-hybridized carbons (Fsp3) is 0.0536. The molecule has 8 aromatic carbocycles. The van der Waals surface area contributed by atoms with Gasteiger partial charge >= 0.3 is 0 Å². The third-order valence-corrected chi connectivity index (χ3v) is 14.2. The molecule has 7 heteroatoms. The first-order chi connectivity index (χ1) is 31.1. The van der Waals surface area contributed by atoms with Gasteiger partial charge in [0.25, 0.3) is 0 Å². The maximum Gasteiger partial charge on any atom is 0.165 e. The Morgan fingerprint density at radius 2 is 1.16 bits per heavy atom. The first kappa shape index (κ1) is 35.7. The molecule has 3 aromatic heterocycles. The fourth-order valence-electron chi connectivity index (χ4n) is 10.5. The third-order valence-electron chi connectivity index (χ3n) is 13.1. The predicted molar refractivity (Wildman–Crippen MR) is 254 cm³/mol. The molecule has 1 unspecified atom stereocenters. The van der Waals surface area contributed by atoms with Gasteiger partial charge in [-0.25, -0.2) is 19.9 Å². The van der Waals surface area contributed by atoms with E-state index in [2.05, 4.69) is 127 Å². The second-order valence-corrected chi connectivity index (χ2v) is 17.4. The Labute approximate surface area is 367 Å². The molecule has 1 atom stereocenters. The smallest absolute Gasteiger partial charge is 0.165 e. The van der Waals surface area contributed by atoms with Crippen LogP contribution in [0.15, 0.2) is 176 Å². The summed E-state index contributed by atoms with van der Waals surface area (Å²) >= 11 is 1.73. The van der Waals surface area contributed by atoms with Crippen LogP contribution in [0.1, 0.15) is 40.6 Å². The van der Waals surface area contributed by atoms with E-state index in [0.29, 0.717) is 28.6 Å². The number of fused-ring (bicyclic) bond motifs is 15. The second-order valence-electron chi connectivity index (χ2n) is 16.3. The summed E-state index contributed by atoms with van der Waals surface area (Å²) in [7, 11) is 0. The average molecular weight is 823 g/mol. The molecular formula is C56H34N6S. The van der Waals surface area contributed by atoms with E-state index >= 15 is 0 Å². The quantitative estimate of drug-likeness (QED) is 0.173. The zero-order valence-corrected chi connectivity index (χ0v) is 34.9. The number of para-hydroxylation sites is 2. The molecule has 2 aliphatic carbocycles. The van der Waals surface area contributed by atoms with E-state index in [4.69, 9.17) is 19.9 Å². The predicted octanol–water partition coefficient (Wildman–Crippen LogP) is 13.4. The van der Waals surface area contributed by atoms with Crippen LogP contribution in [0, 0.1) is 11.3 Å². The number of benzene rings is 8. The molecule has 13 rings (SSSR count). The SMILES string of the molecule is CCc1nc2ccccc2n1-c1ccc2c(c1)-c1ccccc1C21c2ccccc2-c2c1ccc1sc3cc(C#N)c(-c4nc(-c5ccccc5)nc(-c5ccccc5)n4)cc3c21. The van der Waals surface area contributed by atoms with Crippen LogP contribution in [-0.4, -0.2) is 24.5 Å². The van der Waals surface area contributed by atoms with Gasteiger partial charge in [0.2, 0.25) is 0 Å². The average Bonchev–Trinajstić information content (AvgIpc) is 4.08. The lowest BCUT2D eigenvalue weighted by Gasteiger charge is -2.30. The molecule has 0 bridgehead atoms. The van der Waals surface area contributed by atoms with Crippen molar-refractivity contribution in [2.45, 2.75) is 18.8 Å². The van der Waals surface area contributed by atoms with Crippen LogP contribution in [0.5, 0.6) is 0 Å². The normalized spacial score (nSPS) is 14.5. The highest BCUT2D eigenvalue weighted by Crippen LogP contribution is 2.64. The Morgan fingerprint density at radius 3 is 1.89 bits per heavy atom. The fourth-order valence-corrected chi connectivity index (χ4v) is 11.6. The summed E-state index contributed by atoms with van der Waals surface area (Å²) in [6.07, 6.45) is 0.824. The van der Waals surface area contributed by atoms with Crippen LogP contribution >= 0.6 is 11.3 Å². The van der Waals surface area contributed by atoms with Crippen molar-refractivity contribution in [2.75, 3.05) is 0 Å². The first-order valence-electron chi connectivity index (χ1n) is 21.3. The molecule has 63 heavy (non-hydrogen) atoms. The molecule has 1 spiro atoms. The van der Waals surface area contributed by atoms with Gasteiger partial charge < -0.3 is 0 Å². The largest absolute Gasteiger partial charge is 0.296 e. The van der Waals surface area contributed by atoms with Crippen molar-refractivity contribution < 1.29 is 0 Å². The molecule has 294 valence electrons. The molecule has 0 N–H and O–H groups in total. The number of thiophene rings is 1. The zero-order valence-electron chi connectivity index (χ0n) is 34.0. The topological polar surface area (TPSA) is 80.3 Å². The van der Waals surface area contributed by atoms with Gasteiger partial charge in [-0.05, 0) is 87.0 Å². The van der Waals surface area contributed by atoms with Gasteiger partial charge in [0.05, 0.1) is 28.1 Å². The molecule has 2 aliphatic rings. The lowest BCUT2D eigenvalue weighted by Crippen LogP contribution is -2.25. The van der Waals surface area contributed by atoms with Crippen LogP contribution in [-0.2, 0) is 11.8 Å². The van der Waals surface area contributed by atoms with Crippen molar-refractivity contribution in [2.24, 2.45) is 0 Å². The minimum atomic E-state index is -0.539. The number of nitrogens with zero attached hydrogens (tertiary/aromatic N) is 6. The van der Waals surface area contributed by atoms with Gasteiger partial charge in [0.1, 0.15) is 5.82 Å². The number of hydrogen-bond donors (Lipinski definition) is 0. The Hall–Kier alpha value is -8.05. The van der Waals surface area contributed by atoms with E-state index in [0.717, 1.165) is 50.2 Å². The minimum absolute atomic E-state index is 0.469. The van der Waals surface area contributed by atoms with E-state index in [-0.39, 0.29) is 0 Å². The van der Waals surface area contributed by atoms with Gasteiger partial charge in [0, 0.05) is 49.0 Å². The molecule has 0 saturated heterocycles. The summed E-state index contributed by atoms with van der Waals surface area (Å²) in [6, 6.07) is 64.7. The molecule has 0 amide bonds. The van der Waals surface area contributed by atoms with Crippen LogP contribution in [0.3, 0.4) is 0 Å². The molecule has 0 saturated carbocycles. The third kappa shape index (κ3) is 4.98. The van der Waals surface area contributed by atoms with E-state index in [1.54, 1.807) is 11.3 Å². The molecule has 6 nitrogen and oxygen atoms in total. The molecule has 0 fully saturated rings. The Bertz CT molecular complexity index is 3690. The van der Waals surface area contributed by atoms with Crippen LogP contribution in [0.25, 0.3) is 93.3 Å². The summed E-state index contributed by atoms with van der Waals surface area (Å²) < 4.78 is 4.54. The molecule has 11 aromatic rings. The van der Waals surface area contributed by atoms with Gasteiger partial charge in [-0.3, -0.25) is 4.57 Å². The summed E-state index contributed by atoms with van der Waals surface area (Å²) in [4.78, 5) is 20.1. The standard InChI is InChI=1S/C56H34N6S/c1-2-50-58-46-23-13-14-24-47(46)62(50)36-25-26-44-40(30-36)37-19-9-11-21-42(37)56(44)43-22-12-10-20-38(43)51-45(56)27-28-48-52(51)41-31-39(35(32-57)29-49(41)63-48)55-60-53(33-15-5-3-6-16-33)59-54(61-55)34-17-7-4-8-18-34/h3-31H,2H2,1H3. The summed E-state index contributed by atoms with van der Waals surface area (Å²) in [6.45, 7) is 2.18. The minimum Gasteiger partial charge on any atom is -0.296 e. The Kier molecular flexibility index (Phi) is 7.63. The number of hydrogen-bond acceptors (Lipinski definition) is 6. The van der Waals surface area contributed by atoms with Crippen LogP contribution in [0.2, 0.25) is 0 Å². The van der Waals surface area contributed by atoms with Crippen LogP contribution < -0.4 is 0 Å². The Balaban J connectivity index is 1.07. The lowest BCUT2D eigenvalue weighted by atomic mass is 9.70. The van der Waals surface area contributed by atoms with Crippen molar-refractivity contribution in [3.8, 4) is 68.2 Å². The van der Waals surface area contributed by atoms with Gasteiger partial charge in [0.15, 0.2) is 17.5 Å². The van der Waals surface area contributed by atoms with Crippen molar-refractivity contribution in [1.82, 2.24) is 24.5 Å². The van der Waals surface area contributed by atoms with E-state index < -0.39 is 5.41 Å². The monoisotopic (exact) mass is 822 g/mol. The number of imidazole rings is 1. The number of aromatic nitrogens is 5. The maximum atomic E-state index is 10.7. The summed E-state index contributed by atoms with van der Waals surface area (Å²) in [5.41, 5.74) is 15.7. The molecule has 0 aliphatic heterocycles. The lowest BCUT2D eigenvalue weighted by molar-refractivity contribution is 0.793. The summed E-state index contributed by atoms with van der Waals surface area (Å²) in [5, 5.41) is 13.0. The van der Waals surface area contributed by atoms with Crippen molar-refractivity contribution in [3.05, 3.63) is 210 Å². The maximum absolute atomic E-state index is 10.7. The number of aryl methyl sites for hydroxylation is 1. The van der Waals surface area contributed by atoms with Gasteiger partial charge in [-0.15, -0.1) is 11.3 Å². The van der Waals surface area contributed by atoms with Crippen LogP contribution in [0.4, 0.5) is 0 Å². The van der Waals surface area contributed by atoms with E-state index in [1.807, 2.05) is 66.7 Å². The molecule has 0 radical (unpaired) electrons. The van der Waals surface area contributed by atoms with Crippen molar-refractivity contribution in [1.29, 1.82) is 5.26 Å². The van der Waals surface area contributed by atoms with Gasteiger partial charge in [-0.1, -0.05) is 140 Å². The highest BCUT2D eigenvalue weighted by molar-refractivity contribution is 7.26. The molecular weight excluding hydrogens is 789 g/mol. The van der Waals surface area contributed by atoms with Gasteiger partial charge in [-0.2, -0.15) is 5.26 Å². The Morgan fingerprint density at radius 1 is 0.540 bits per heavy atom. The summed E-state index contributed by atoms with van der Waals surface area (Å²) in [5.74, 6) is 2.63. The number of rotatable bonds is 5. The highest BCUT2D eigenvalue weighted by atomic mass is 32.1.